The topological polar surface area (TPSA) is 58.0 Å². The Morgan fingerprint density at radius 3 is 2.96 bits per heavy atom. The molecular weight excluding hydrogens is 390 g/mol. The van der Waals surface area contributed by atoms with Crippen molar-refractivity contribution >= 4 is 45.0 Å². The molecule has 1 aliphatic heterocycles. The zero-order valence-corrected chi connectivity index (χ0v) is 17.3. The molecule has 0 saturated heterocycles. The number of anilines is 1. The maximum atomic E-state index is 6.39. The molecule has 0 bridgehead atoms. The molecule has 3 aromatic rings. The number of nitrogens with zero attached hydrogens (tertiary/aromatic N) is 3. The normalized spacial score (nSPS) is 20.2. The highest BCUT2D eigenvalue weighted by atomic mass is 35.5. The van der Waals surface area contributed by atoms with Gasteiger partial charge in [-0.3, -0.25) is 9.67 Å². The number of nitrogens with one attached hydrogen (secondary N) is 2. The number of hydrogen-bond donors (Lipinski definition) is 2. The van der Waals surface area contributed by atoms with Crippen LogP contribution in [0, 0.1) is 0 Å². The molecule has 0 amide bonds. The summed E-state index contributed by atoms with van der Waals surface area (Å²) in [4.78, 5) is 8.57. The minimum Gasteiger partial charge on any atom is -0.381 e. The lowest BCUT2D eigenvalue weighted by atomic mass is 10.2. The van der Waals surface area contributed by atoms with Gasteiger partial charge in [-0.15, -0.1) is 11.8 Å². The van der Waals surface area contributed by atoms with Gasteiger partial charge < -0.3 is 10.3 Å². The van der Waals surface area contributed by atoms with E-state index in [9.17, 15) is 0 Å². The van der Waals surface area contributed by atoms with Crippen molar-refractivity contribution < 1.29 is 0 Å². The lowest BCUT2D eigenvalue weighted by Crippen LogP contribution is -2.14. The molecule has 0 radical (unpaired) electrons. The molecule has 1 fully saturated rings. The fourth-order valence-corrected chi connectivity index (χ4v) is 5.46. The van der Waals surface area contributed by atoms with E-state index in [1.807, 2.05) is 47.0 Å². The van der Waals surface area contributed by atoms with E-state index in [0.717, 1.165) is 51.1 Å². The summed E-state index contributed by atoms with van der Waals surface area (Å²) in [5.74, 6) is 1.03. The molecule has 1 aromatic carbocycles. The van der Waals surface area contributed by atoms with E-state index >= 15 is 0 Å². The Hall–Kier alpha value is -1.92. The molecule has 5 nitrogen and oxygen atoms in total. The number of fused-ring (bicyclic) bond motifs is 1. The Bertz CT molecular complexity index is 988. The first-order chi connectivity index (χ1) is 13.7. The van der Waals surface area contributed by atoms with Gasteiger partial charge in [0.25, 0.3) is 0 Å². The van der Waals surface area contributed by atoms with Crippen molar-refractivity contribution in [1.29, 1.82) is 0 Å². The van der Waals surface area contributed by atoms with Crippen molar-refractivity contribution in [2.75, 3.05) is 11.1 Å². The average Bonchev–Trinajstić information content (AvgIpc) is 3.45. The summed E-state index contributed by atoms with van der Waals surface area (Å²) in [6.45, 7) is 0.909. The van der Waals surface area contributed by atoms with Crippen LogP contribution < -0.4 is 5.32 Å². The zero-order chi connectivity index (χ0) is 18.9. The Labute approximate surface area is 173 Å². The van der Waals surface area contributed by atoms with Gasteiger partial charge in [-0.1, -0.05) is 24.4 Å². The van der Waals surface area contributed by atoms with E-state index < -0.39 is 0 Å². The summed E-state index contributed by atoms with van der Waals surface area (Å²) >= 11 is 8.23. The molecule has 1 atom stereocenters. The Morgan fingerprint density at radius 2 is 2.14 bits per heavy atom. The van der Waals surface area contributed by atoms with Gasteiger partial charge in [-0.2, -0.15) is 5.10 Å². The summed E-state index contributed by atoms with van der Waals surface area (Å²) < 4.78 is 1.98. The summed E-state index contributed by atoms with van der Waals surface area (Å²) in [6.07, 6.45) is 9.94. The van der Waals surface area contributed by atoms with Crippen molar-refractivity contribution in [1.82, 2.24) is 14.8 Å². The van der Waals surface area contributed by atoms with E-state index in [2.05, 4.69) is 21.5 Å². The van der Waals surface area contributed by atoms with E-state index in [-0.39, 0.29) is 0 Å². The van der Waals surface area contributed by atoms with Crippen molar-refractivity contribution in [2.24, 2.45) is 4.99 Å². The molecule has 1 saturated carbocycles. The van der Waals surface area contributed by atoms with E-state index in [0.29, 0.717) is 12.1 Å². The monoisotopic (exact) mass is 413 g/mol. The molecule has 146 valence electrons. The SMILES string of the molecule is Clc1cc(NC2CCCC2)c2[nH]c(C3=N[C@H](CCn4cccn4)CS3)cc2c1. The summed E-state index contributed by atoms with van der Waals surface area (Å²) in [7, 11) is 0. The Kier molecular flexibility index (Phi) is 5.07. The van der Waals surface area contributed by atoms with Crippen LogP contribution in [0.1, 0.15) is 37.8 Å². The molecule has 5 rings (SSSR count). The quantitative estimate of drug-likeness (QED) is 0.574. The van der Waals surface area contributed by atoms with E-state index in [1.54, 1.807) is 0 Å². The number of H-pyrrole nitrogens is 1. The first-order valence-corrected chi connectivity index (χ1v) is 11.4. The number of aliphatic imine (C=N–C) groups is 1. The van der Waals surface area contributed by atoms with Gasteiger partial charge in [-0.05, 0) is 43.5 Å². The minimum absolute atomic E-state index is 0.343. The standard InChI is InChI=1S/C21H24ClN5S/c22-15-10-14-11-19(26-20(14)18(12-15)24-16-4-1-2-5-16)21-25-17(13-28-21)6-9-27-8-3-7-23-27/h3,7-8,10-12,16-17,24,26H,1-2,4-6,9,13H2/t17-/m1/s1. The molecule has 1 aliphatic carbocycles. The largest absolute Gasteiger partial charge is 0.381 e. The van der Waals surface area contributed by atoms with Crippen LogP contribution in [-0.2, 0) is 6.54 Å². The first kappa shape index (κ1) is 18.1. The third-order valence-corrected chi connectivity index (χ3v) is 6.97. The Morgan fingerprint density at radius 1 is 1.25 bits per heavy atom. The van der Waals surface area contributed by atoms with Crippen LogP contribution in [0.4, 0.5) is 5.69 Å². The second-order valence-electron chi connectivity index (χ2n) is 7.68. The van der Waals surface area contributed by atoms with Crippen LogP contribution in [0.3, 0.4) is 0 Å². The van der Waals surface area contributed by atoms with E-state index in [1.165, 1.54) is 25.7 Å². The van der Waals surface area contributed by atoms with Crippen molar-refractivity contribution in [3.8, 4) is 0 Å². The molecule has 2 aromatic heterocycles. The van der Waals surface area contributed by atoms with Gasteiger partial charge in [0.15, 0.2) is 0 Å². The number of thioether (sulfide) groups is 1. The predicted octanol–water partition coefficient (Wildman–Crippen LogP) is 5.32. The summed E-state index contributed by atoms with van der Waals surface area (Å²) in [6, 6.07) is 9.12. The first-order valence-electron chi connectivity index (χ1n) is 10.0. The minimum atomic E-state index is 0.343. The van der Waals surface area contributed by atoms with Crippen LogP contribution >= 0.6 is 23.4 Å². The number of aryl methyl sites for hydroxylation is 1. The van der Waals surface area contributed by atoms with Crippen LogP contribution in [0.15, 0.2) is 41.7 Å². The van der Waals surface area contributed by atoms with Gasteiger partial charge in [0.05, 0.1) is 22.9 Å². The van der Waals surface area contributed by atoms with Crippen molar-refractivity contribution in [2.45, 2.75) is 50.7 Å². The van der Waals surface area contributed by atoms with Gasteiger partial charge in [0.2, 0.25) is 0 Å². The van der Waals surface area contributed by atoms with Gasteiger partial charge >= 0.3 is 0 Å². The summed E-state index contributed by atoms with van der Waals surface area (Å²) in [5, 5.41) is 11.0. The number of benzene rings is 1. The maximum absolute atomic E-state index is 6.39. The average molecular weight is 414 g/mol. The van der Waals surface area contributed by atoms with Crippen LogP contribution in [0.2, 0.25) is 5.02 Å². The van der Waals surface area contributed by atoms with E-state index in [4.69, 9.17) is 16.6 Å². The van der Waals surface area contributed by atoms with Gasteiger partial charge in [0.1, 0.15) is 5.04 Å². The van der Waals surface area contributed by atoms with Crippen LogP contribution in [-0.4, -0.2) is 37.6 Å². The Balaban J connectivity index is 1.36. The van der Waals surface area contributed by atoms with Crippen LogP contribution in [0.25, 0.3) is 10.9 Å². The van der Waals surface area contributed by atoms with Crippen molar-refractivity contribution in [3.05, 3.63) is 47.4 Å². The fraction of sp³-hybridized carbons (Fsp3) is 0.429. The highest BCUT2D eigenvalue weighted by Gasteiger charge is 2.22. The molecule has 2 aliphatic rings. The second kappa shape index (κ2) is 7.84. The maximum Gasteiger partial charge on any atom is 0.114 e. The second-order valence-corrected chi connectivity index (χ2v) is 9.13. The lowest BCUT2D eigenvalue weighted by Gasteiger charge is -2.14. The molecule has 0 spiro atoms. The van der Waals surface area contributed by atoms with Crippen LogP contribution in [0.5, 0.6) is 0 Å². The molecule has 0 unspecified atom stereocenters. The fourth-order valence-electron chi connectivity index (χ4n) is 4.15. The molecular formula is C21H24ClN5S. The predicted molar refractivity (Wildman–Crippen MR) is 119 cm³/mol. The molecule has 2 N–H and O–H groups in total. The number of rotatable bonds is 6. The molecule has 28 heavy (non-hydrogen) atoms. The third kappa shape index (κ3) is 3.80. The number of hydrogen-bond acceptors (Lipinski definition) is 4. The summed E-state index contributed by atoms with van der Waals surface area (Å²) in [5.41, 5.74) is 3.34. The molecule has 3 heterocycles. The number of aromatic amines is 1. The zero-order valence-electron chi connectivity index (χ0n) is 15.7. The lowest BCUT2D eigenvalue weighted by molar-refractivity contribution is 0.538. The van der Waals surface area contributed by atoms with Gasteiger partial charge in [-0.25, -0.2) is 0 Å². The van der Waals surface area contributed by atoms with Crippen molar-refractivity contribution in [3.63, 3.8) is 0 Å². The number of aromatic nitrogens is 3. The third-order valence-electron chi connectivity index (χ3n) is 5.60. The van der Waals surface area contributed by atoms with Gasteiger partial charge in [0, 0.05) is 41.1 Å². The highest BCUT2D eigenvalue weighted by molar-refractivity contribution is 8.14. The highest BCUT2D eigenvalue weighted by Crippen LogP contribution is 2.33. The smallest absolute Gasteiger partial charge is 0.114 e. The molecule has 7 heteroatoms. The number of halogens is 1.